The van der Waals surface area contributed by atoms with Gasteiger partial charge in [0, 0.05) is 43.4 Å². The van der Waals surface area contributed by atoms with E-state index in [1.165, 1.54) is 0 Å². The predicted molar refractivity (Wildman–Crippen MR) is 106 cm³/mol. The molecular formula is C19H22ClN3O2S. The van der Waals surface area contributed by atoms with Gasteiger partial charge in [-0.3, -0.25) is 4.21 Å². The largest absolute Gasteiger partial charge is 0.367 e. The van der Waals surface area contributed by atoms with Crippen LogP contribution in [-0.4, -0.2) is 53.6 Å². The van der Waals surface area contributed by atoms with Crippen molar-refractivity contribution in [2.45, 2.75) is 4.90 Å². The van der Waals surface area contributed by atoms with E-state index < -0.39 is 10.8 Å². The van der Waals surface area contributed by atoms with Gasteiger partial charge in [-0.1, -0.05) is 41.9 Å². The molecule has 1 atom stereocenters. The fourth-order valence-corrected chi connectivity index (χ4v) is 4.15. The summed E-state index contributed by atoms with van der Waals surface area (Å²) in [7, 11) is -1.09. The van der Waals surface area contributed by atoms with Gasteiger partial charge in [0.15, 0.2) is 0 Å². The minimum absolute atomic E-state index is 0.103. The van der Waals surface area contributed by atoms with Gasteiger partial charge in [-0.05, 0) is 24.3 Å². The van der Waals surface area contributed by atoms with Crippen LogP contribution in [0, 0.1) is 0 Å². The summed E-state index contributed by atoms with van der Waals surface area (Å²) in [5, 5.41) is 3.60. The van der Waals surface area contributed by atoms with Crippen LogP contribution in [0.4, 0.5) is 10.5 Å². The van der Waals surface area contributed by atoms with Gasteiger partial charge >= 0.3 is 6.03 Å². The monoisotopic (exact) mass is 391 g/mol. The topological polar surface area (TPSA) is 52.7 Å². The number of piperazine rings is 1. The molecule has 2 aromatic rings. The number of para-hydroxylation sites is 1. The Morgan fingerprint density at radius 1 is 1.00 bits per heavy atom. The van der Waals surface area contributed by atoms with Crippen LogP contribution in [0.1, 0.15) is 0 Å². The van der Waals surface area contributed by atoms with Gasteiger partial charge in [-0.2, -0.15) is 0 Å². The van der Waals surface area contributed by atoms with Crippen molar-refractivity contribution in [2.75, 3.05) is 43.4 Å². The second-order valence-electron chi connectivity index (χ2n) is 6.02. The summed E-state index contributed by atoms with van der Waals surface area (Å²) < 4.78 is 12.2. The molecule has 0 spiro atoms. The fourth-order valence-electron chi connectivity index (χ4n) is 2.91. The second-order valence-corrected chi connectivity index (χ2v) is 8.00. The molecule has 26 heavy (non-hydrogen) atoms. The van der Waals surface area contributed by atoms with Crippen molar-refractivity contribution in [1.82, 2.24) is 10.2 Å². The fraction of sp³-hybridized carbons (Fsp3) is 0.316. The smallest absolute Gasteiger partial charge is 0.317 e. The number of benzene rings is 2. The first-order chi connectivity index (χ1) is 12.6. The highest BCUT2D eigenvalue weighted by Gasteiger charge is 2.22. The lowest BCUT2D eigenvalue weighted by atomic mass is 10.2. The minimum Gasteiger partial charge on any atom is -0.367 e. The van der Waals surface area contributed by atoms with Crippen molar-refractivity contribution >= 4 is 34.1 Å². The normalized spacial score (nSPS) is 15.6. The number of hydrogen-bond acceptors (Lipinski definition) is 3. The average molecular weight is 392 g/mol. The number of urea groups is 1. The molecule has 0 radical (unpaired) electrons. The number of anilines is 1. The van der Waals surface area contributed by atoms with Gasteiger partial charge in [0.05, 0.1) is 21.5 Å². The molecular weight excluding hydrogens is 370 g/mol. The first-order valence-electron chi connectivity index (χ1n) is 8.61. The Hall–Kier alpha value is -2.05. The highest BCUT2D eigenvalue weighted by Crippen LogP contribution is 2.25. The van der Waals surface area contributed by atoms with E-state index in [0.717, 1.165) is 28.7 Å². The molecule has 3 rings (SSSR count). The molecule has 0 bridgehead atoms. The van der Waals surface area contributed by atoms with E-state index in [4.69, 9.17) is 11.6 Å². The third-order valence-electron chi connectivity index (χ3n) is 4.33. The summed E-state index contributed by atoms with van der Waals surface area (Å²) in [5.41, 5.74) is 1.01. The van der Waals surface area contributed by atoms with E-state index in [0.29, 0.717) is 25.4 Å². The van der Waals surface area contributed by atoms with E-state index >= 15 is 0 Å². The van der Waals surface area contributed by atoms with Crippen LogP contribution < -0.4 is 10.2 Å². The number of carbonyl (C=O) groups is 1. The number of nitrogens with one attached hydrogen (secondary N) is 1. The van der Waals surface area contributed by atoms with E-state index in [9.17, 15) is 9.00 Å². The molecule has 0 aromatic heterocycles. The van der Waals surface area contributed by atoms with E-state index in [-0.39, 0.29) is 6.03 Å². The van der Waals surface area contributed by atoms with Crippen molar-refractivity contribution < 1.29 is 9.00 Å². The molecule has 0 saturated carbocycles. The van der Waals surface area contributed by atoms with Crippen molar-refractivity contribution in [1.29, 1.82) is 0 Å². The Morgan fingerprint density at radius 2 is 1.65 bits per heavy atom. The van der Waals surface area contributed by atoms with Gasteiger partial charge < -0.3 is 15.1 Å². The van der Waals surface area contributed by atoms with Gasteiger partial charge in [0.2, 0.25) is 0 Å². The predicted octanol–water partition coefficient (Wildman–Crippen LogP) is 2.98. The SMILES string of the molecule is O=C(NCC[S@@](=O)c1ccccc1)N1CCN(c2ccccc2Cl)CC1. The third kappa shape index (κ3) is 4.77. The Kier molecular flexibility index (Phi) is 6.52. The summed E-state index contributed by atoms with van der Waals surface area (Å²) in [5.74, 6) is 0.412. The lowest BCUT2D eigenvalue weighted by molar-refractivity contribution is 0.195. The van der Waals surface area contributed by atoms with Crippen molar-refractivity contribution in [3.8, 4) is 0 Å². The lowest BCUT2D eigenvalue weighted by Crippen LogP contribution is -2.52. The zero-order valence-electron chi connectivity index (χ0n) is 14.4. The molecule has 5 nitrogen and oxygen atoms in total. The summed E-state index contributed by atoms with van der Waals surface area (Å²) in [4.78, 5) is 17.1. The van der Waals surface area contributed by atoms with Crippen molar-refractivity contribution in [2.24, 2.45) is 0 Å². The highest BCUT2D eigenvalue weighted by molar-refractivity contribution is 7.85. The first-order valence-corrected chi connectivity index (χ1v) is 10.3. The average Bonchev–Trinajstić information content (AvgIpc) is 2.69. The Balaban J connectivity index is 1.43. The summed E-state index contributed by atoms with van der Waals surface area (Å²) in [6.45, 7) is 3.16. The Bertz CT molecular complexity index is 764. The van der Waals surface area contributed by atoms with E-state index in [1.54, 1.807) is 4.90 Å². The molecule has 1 fully saturated rings. The molecule has 2 aromatic carbocycles. The standard InChI is InChI=1S/C19H22ClN3O2S/c20-17-8-4-5-9-18(17)22-11-13-23(14-12-22)19(24)21-10-15-26(25)16-6-2-1-3-7-16/h1-9H,10-15H2,(H,21,24)/t26-/m1/s1. The zero-order chi connectivity index (χ0) is 18.4. The summed E-state index contributed by atoms with van der Waals surface area (Å²) in [6, 6.07) is 17.0. The number of hydrogen-bond donors (Lipinski definition) is 1. The Morgan fingerprint density at radius 3 is 2.35 bits per heavy atom. The highest BCUT2D eigenvalue weighted by atomic mass is 35.5. The Labute approximate surface area is 161 Å². The lowest BCUT2D eigenvalue weighted by Gasteiger charge is -2.36. The molecule has 1 saturated heterocycles. The molecule has 1 aliphatic heterocycles. The molecule has 1 heterocycles. The number of amides is 2. The molecule has 138 valence electrons. The molecule has 2 amide bonds. The van der Waals surface area contributed by atoms with Gasteiger partial charge in [-0.25, -0.2) is 4.79 Å². The zero-order valence-corrected chi connectivity index (χ0v) is 16.0. The van der Waals surface area contributed by atoms with E-state index in [2.05, 4.69) is 10.2 Å². The quantitative estimate of drug-likeness (QED) is 0.852. The van der Waals surface area contributed by atoms with Gasteiger partial charge in [0.25, 0.3) is 0 Å². The molecule has 0 aliphatic carbocycles. The number of halogens is 1. The molecule has 0 unspecified atom stereocenters. The van der Waals surface area contributed by atoms with Crippen LogP contribution in [0.25, 0.3) is 0 Å². The third-order valence-corrected chi connectivity index (χ3v) is 6.02. The number of carbonyl (C=O) groups excluding carboxylic acids is 1. The molecule has 7 heteroatoms. The number of nitrogens with zero attached hydrogens (tertiary/aromatic N) is 2. The van der Waals surface area contributed by atoms with Crippen molar-refractivity contribution in [3.05, 3.63) is 59.6 Å². The van der Waals surface area contributed by atoms with Crippen LogP contribution in [0.2, 0.25) is 5.02 Å². The van der Waals surface area contributed by atoms with Gasteiger partial charge in [0.1, 0.15) is 0 Å². The van der Waals surface area contributed by atoms with Crippen LogP contribution in [-0.2, 0) is 10.8 Å². The van der Waals surface area contributed by atoms with E-state index in [1.807, 2.05) is 54.6 Å². The second kappa shape index (κ2) is 9.05. The summed E-state index contributed by atoms with van der Waals surface area (Å²) >= 11 is 6.24. The first kappa shape index (κ1) is 18.7. The maximum Gasteiger partial charge on any atom is 0.317 e. The maximum atomic E-state index is 12.3. The maximum absolute atomic E-state index is 12.3. The van der Waals surface area contributed by atoms with Crippen LogP contribution in [0.3, 0.4) is 0 Å². The molecule has 1 N–H and O–H groups in total. The minimum atomic E-state index is -1.09. The van der Waals surface area contributed by atoms with Crippen LogP contribution >= 0.6 is 11.6 Å². The summed E-state index contributed by atoms with van der Waals surface area (Å²) in [6.07, 6.45) is 0. The number of rotatable bonds is 5. The van der Waals surface area contributed by atoms with Gasteiger partial charge in [-0.15, -0.1) is 0 Å². The van der Waals surface area contributed by atoms with Crippen LogP contribution in [0.15, 0.2) is 59.5 Å². The molecule has 1 aliphatic rings. The van der Waals surface area contributed by atoms with Crippen LogP contribution in [0.5, 0.6) is 0 Å². The van der Waals surface area contributed by atoms with Crippen molar-refractivity contribution in [3.63, 3.8) is 0 Å².